The fourth-order valence-corrected chi connectivity index (χ4v) is 0.349. The van der Waals surface area contributed by atoms with Crippen LogP contribution in [0.5, 0.6) is 0 Å². The van der Waals surface area contributed by atoms with Crippen LogP contribution in [0.15, 0.2) is 6.08 Å². The van der Waals surface area contributed by atoms with Crippen LogP contribution in [0.25, 0.3) is 0 Å². The number of hydrogen-bond acceptors (Lipinski definition) is 0. The van der Waals surface area contributed by atoms with Gasteiger partial charge in [0.1, 0.15) is 0 Å². The summed E-state index contributed by atoms with van der Waals surface area (Å²) in [5, 5.41) is 0. The summed E-state index contributed by atoms with van der Waals surface area (Å²) < 4.78 is 0. The molecule has 0 heterocycles. The molecule has 0 aliphatic heterocycles. The zero-order valence-electron chi connectivity index (χ0n) is 4.41. The Labute approximate surface area is 83.6 Å². The Morgan fingerprint density at radius 1 is 1.50 bits per heavy atom. The molecule has 0 spiro atoms. The van der Waals surface area contributed by atoms with Crippen LogP contribution in [0.3, 0.4) is 0 Å². The zero-order chi connectivity index (χ0) is 4.83. The molecule has 0 aliphatic carbocycles. The average Bonchev–Trinajstić information content (AvgIpc) is 1.61. The van der Waals surface area contributed by atoms with Crippen molar-refractivity contribution in [2.75, 3.05) is 5.88 Å². The molecule has 0 N–H and O–H groups in total. The Morgan fingerprint density at radius 3 is 2.12 bits per heavy atom. The molecule has 0 fully saturated rings. The summed E-state index contributed by atoms with van der Waals surface area (Å²) in [5.41, 5.74) is 0. The molecule has 0 nitrogen and oxygen atoms in total. The zero-order valence-corrected chi connectivity index (χ0v) is 8.50. The second kappa shape index (κ2) is 15.7. The molecule has 50 valence electrons. The fraction of sp³-hybridized carbons (Fsp3) is 0.600. The average molecular weight is 285 g/mol. The molecule has 0 rings (SSSR count). The smallest absolute Gasteiger partial charge is 0.0226 e. The molecule has 0 saturated heterocycles. The summed E-state index contributed by atoms with van der Waals surface area (Å²) in [5.74, 6) is 0.716. The fourth-order valence-electron chi connectivity index (χ4n) is 0.195. The molecule has 0 bridgehead atoms. The maximum Gasteiger partial charge on any atom is 0.0226 e. The quantitative estimate of drug-likeness (QED) is 0.270. The van der Waals surface area contributed by atoms with Crippen molar-refractivity contribution in [1.29, 1.82) is 0 Å². The summed E-state index contributed by atoms with van der Waals surface area (Å²) in [6, 6.07) is 0. The van der Waals surface area contributed by atoms with Crippen molar-refractivity contribution in [3.05, 3.63) is 12.7 Å². The van der Waals surface area contributed by atoms with Gasteiger partial charge in [-0.2, -0.15) is 0 Å². The van der Waals surface area contributed by atoms with E-state index in [1.54, 1.807) is 6.08 Å². The predicted octanol–water partition coefficient (Wildman–Crippen LogP) is -1.00. The van der Waals surface area contributed by atoms with E-state index >= 15 is 0 Å². The van der Waals surface area contributed by atoms with E-state index < -0.39 is 0 Å². The van der Waals surface area contributed by atoms with E-state index in [1.807, 2.05) is 0 Å². The normalized spacial score (nSPS) is 6.12. The topological polar surface area (TPSA) is 0 Å². The summed E-state index contributed by atoms with van der Waals surface area (Å²) in [6.45, 7) is 5.03. The third-order valence-electron chi connectivity index (χ3n) is 0.504. The van der Waals surface area contributed by atoms with Gasteiger partial charge in [-0.05, 0) is 12.8 Å². The van der Waals surface area contributed by atoms with E-state index in [1.165, 1.54) is 0 Å². The minimum absolute atomic E-state index is 0. The Hall–Kier alpha value is 1.28. The van der Waals surface area contributed by atoms with Gasteiger partial charge in [0.15, 0.2) is 0 Å². The molecule has 0 amide bonds. The van der Waals surface area contributed by atoms with E-state index in [2.05, 4.69) is 0 Å². The number of halogens is 2. The number of hydrogen-bond donors (Lipinski definition) is 0. The van der Waals surface area contributed by atoms with Crippen molar-refractivity contribution >= 4 is 11.6 Å². The number of unbranched alkanes of at least 4 members (excludes halogenated alkanes) is 1. The predicted molar refractivity (Wildman–Crippen MR) is 28.8 cm³/mol. The van der Waals surface area contributed by atoms with Gasteiger partial charge in [-0.3, -0.25) is 0 Å². The second-order valence-electron chi connectivity index (χ2n) is 1.07. The van der Waals surface area contributed by atoms with Gasteiger partial charge in [-0.1, -0.05) is 12.7 Å². The van der Waals surface area contributed by atoms with E-state index in [0.717, 1.165) is 12.8 Å². The first-order valence-electron chi connectivity index (χ1n) is 2.01. The van der Waals surface area contributed by atoms with Gasteiger partial charge in [0, 0.05) is 22.9 Å². The van der Waals surface area contributed by atoms with Gasteiger partial charge in [-0.25, -0.2) is 0 Å². The Kier molecular flexibility index (Phi) is 31.7. The SMILES string of the molecule is [CH]=CCCCCl.[I-].[Mn]. The van der Waals surface area contributed by atoms with E-state index in [0.29, 0.717) is 5.88 Å². The van der Waals surface area contributed by atoms with Crippen LogP contribution in [0.1, 0.15) is 12.8 Å². The van der Waals surface area contributed by atoms with Gasteiger partial charge in [0.05, 0.1) is 0 Å². The molecule has 3 heteroatoms. The monoisotopic (exact) mass is 285 g/mol. The summed E-state index contributed by atoms with van der Waals surface area (Å²) >= 11 is 5.30. The third kappa shape index (κ3) is 15.7. The molecule has 0 saturated carbocycles. The number of allylic oxidation sites excluding steroid dienone is 1. The maximum atomic E-state index is 5.30. The molecule has 0 atom stereocenters. The van der Waals surface area contributed by atoms with Crippen molar-refractivity contribution in [3.63, 3.8) is 0 Å². The summed E-state index contributed by atoms with van der Waals surface area (Å²) in [4.78, 5) is 0. The molecular formula is C5H8ClIMn-. The Bertz CT molecular complexity index is 41.4. The van der Waals surface area contributed by atoms with Crippen LogP contribution in [0.4, 0.5) is 0 Å². The molecule has 0 unspecified atom stereocenters. The first-order valence-corrected chi connectivity index (χ1v) is 2.54. The van der Waals surface area contributed by atoms with Gasteiger partial charge >= 0.3 is 0 Å². The second-order valence-corrected chi connectivity index (χ2v) is 1.44. The molecule has 0 aromatic rings. The van der Waals surface area contributed by atoms with Gasteiger partial charge < -0.3 is 24.0 Å². The molecule has 0 aromatic carbocycles. The van der Waals surface area contributed by atoms with Crippen molar-refractivity contribution in [3.8, 4) is 0 Å². The first kappa shape index (κ1) is 16.1. The Morgan fingerprint density at radius 2 is 2.00 bits per heavy atom. The van der Waals surface area contributed by atoms with Crippen LogP contribution in [-0.4, -0.2) is 5.88 Å². The van der Waals surface area contributed by atoms with Gasteiger partial charge in [0.2, 0.25) is 0 Å². The van der Waals surface area contributed by atoms with Gasteiger partial charge in [-0.15, -0.1) is 11.6 Å². The van der Waals surface area contributed by atoms with Crippen LogP contribution < -0.4 is 24.0 Å². The van der Waals surface area contributed by atoms with E-state index in [4.69, 9.17) is 18.2 Å². The van der Waals surface area contributed by atoms with Crippen molar-refractivity contribution in [2.45, 2.75) is 12.8 Å². The van der Waals surface area contributed by atoms with Crippen molar-refractivity contribution in [2.24, 2.45) is 0 Å². The summed E-state index contributed by atoms with van der Waals surface area (Å²) in [7, 11) is 0. The van der Waals surface area contributed by atoms with E-state index in [9.17, 15) is 0 Å². The largest absolute Gasteiger partial charge is 1.00 e. The standard InChI is InChI=1S/C5H8Cl.HI.Mn/c1-2-3-4-5-6;;/h1-2H,3-5H2;1H;/p-1. The third-order valence-corrected chi connectivity index (χ3v) is 0.772. The molecule has 2 radical (unpaired) electrons. The minimum atomic E-state index is 0. The first-order chi connectivity index (χ1) is 2.91. The maximum absolute atomic E-state index is 5.30. The van der Waals surface area contributed by atoms with Crippen LogP contribution in [-0.2, 0) is 17.1 Å². The summed E-state index contributed by atoms with van der Waals surface area (Å²) in [6.07, 6.45) is 3.56. The van der Waals surface area contributed by atoms with Crippen molar-refractivity contribution in [1.82, 2.24) is 0 Å². The molecular weight excluding hydrogens is 277 g/mol. The van der Waals surface area contributed by atoms with Crippen LogP contribution >= 0.6 is 11.6 Å². The van der Waals surface area contributed by atoms with Gasteiger partial charge in [0.25, 0.3) is 0 Å². The minimum Gasteiger partial charge on any atom is -1.00 e. The molecule has 0 aliphatic rings. The number of alkyl halides is 1. The molecule has 8 heavy (non-hydrogen) atoms. The van der Waals surface area contributed by atoms with Crippen LogP contribution in [0, 0.1) is 6.58 Å². The number of rotatable bonds is 3. The van der Waals surface area contributed by atoms with Crippen molar-refractivity contribution < 1.29 is 41.0 Å². The Balaban J connectivity index is -0.000000125. The van der Waals surface area contributed by atoms with Crippen LogP contribution in [0.2, 0.25) is 0 Å². The molecule has 0 aromatic heterocycles. The van der Waals surface area contributed by atoms with E-state index in [-0.39, 0.29) is 41.0 Å².